The summed E-state index contributed by atoms with van der Waals surface area (Å²) < 4.78 is 71.7. The van der Waals surface area contributed by atoms with Crippen LogP contribution in [0.15, 0.2) is 12.2 Å². The van der Waals surface area contributed by atoms with Crippen molar-refractivity contribution < 1.29 is 164 Å². The predicted octanol–water partition coefficient (Wildman–Crippen LogP) is -9.47. The average Bonchev–Trinajstić information content (AvgIpc) is 1.71. The molecule has 4 saturated carbocycles. The molecule has 6 saturated heterocycles. The highest BCUT2D eigenvalue weighted by Crippen LogP contribution is 2.74. The van der Waals surface area contributed by atoms with E-state index in [-0.39, 0.29) is 18.3 Å². The number of aliphatic hydroxyl groups excluding tert-OH is 20. The SMILES string of the molecule is C=C1C[C@@]23CCC4[C@](C)(C(=O)OC5OC(CO)C(OC6OC(CO)C(O)C(O)C6O)C(O)C5O)CCC[C@@]4(C)[C@@H]2CC[C@]1(OC1OC(CO)C(O)C(OC2OC(CO)C(OC4OC(CO)C(O)C(O)C4O)C(O)C2O)C1OC1OC(CO)C(O)C(O)C1O)C3. The fraction of sp³-hybridized carbons (Fsp3) is 0.946. The molecular formula is C56H90O33. The number of ether oxygens (including phenoxy) is 12. The van der Waals surface area contributed by atoms with Gasteiger partial charge in [-0.2, -0.15) is 0 Å². The first-order chi connectivity index (χ1) is 42.1. The molecule has 6 aliphatic heterocycles. The third kappa shape index (κ3) is 12.3. The average molecular weight is 1290 g/mol. The fourth-order valence-corrected chi connectivity index (χ4v) is 16.5. The summed E-state index contributed by atoms with van der Waals surface area (Å²) in [6.07, 6.45) is -50.7. The van der Waals surface area contributed by atoms with Crippen molar-refractivity contribution in [3.63, 3.8) is 0 Å². The number of esters is 1. The molecule has 1 spiro atoms. The monoisotopic (exact) mass is 1290 g/mol. The Morgan fingerprint density at radius 3 is 1.28 bits per heavy atom. The van der Waals surface area contributed by atoms with Crippen molar-refractivity contribution >= 4 is 5.97 Å². The maximum absolute atomic E-state index is 14.8. The van der Waals surface area contributed by atoms with Gasteiger partial charge in [-0.3, -0.25) is 4.79 Å². The van der Waals surface area contributed by atoms with Crippen LogP contribution in [0.5, 0.6) is 0 Å². The largest absolute Gasteiger partial charge is 0.432 e. The van der Waals surface area contributed by atoms with E-state index in [1.54, 1.807) is 6.92 Å². The molecule has 36 atom stereocenters. The summed E-state index contributed by atoms with van der Waals surface area (Å²) in [5, 5.41) is 215. The van der Waals surface area contributed by atoms with Crippen molar-refractivity contribution in [2.75, 3.05) is 39.6 Å². The van der Waals surface area contributed by atoms with Gasteiger partial charge in [0.25, 0.3) is 0 Å². The molecule has 4 aliphatic carbocycles. The van der Waals surface area contributed by atoms with Crippen molar-refractivity contribution in [3.8, 4) is 0 Å². The van der Waals surface area contributed by atoms with E-state index in [0.29, 0.717) is 56.9 Å². The van der Waals surface area contributed by atoms with Gasteiger partial charge in [-0.1, -0.05) is 19.9 Å². The summed E-state index contributed by atoms with van der Waals surface area (Å²) >= 11 is 0. The van der Waals surface area contributed by atoms with Crippen molar-refractivity contribution in [1.82, 2.24) is 0 Å². The molecule has 33 heteroatoms. The lowest BCUT2D eigenvalue weighted by Crippen LogP contribution is -2.68. The summed E-state index contributed by atoms with van der Waals surface area (Å²) in [4.78, 5) is 14.8. The van der Waals surface area contributed by atoms with E-state index in [0.717, 1.165) is 0 Å². The Balaban J connectivity index is 0.871. The van der Waals surface area contributed by atoms with Gasteiger partial charge in [-0.15, -0.1) is 0 Å². The molecule has 6 heterocycles. The fourth-order valence-electron chi connectivity index (χ4n) is 16.5. The van der Waals surface area contributed by atoms with Gasteiger partial charge in [0, 0.05) is 0 Å². The lowest BCUT2D eigenvalue weighted by molar-refractivity contribution is -0.405. The molecule has 31 unspecified atom stereocenters. The lowest BCUT2D eigenvalue weighted by Gasteiger charge is -2.64. The van der Waals surface area contributed by atoms with Crippen LogP contribution in [0, 0.1) is 28.1 Å². The zero-order valence-electron chi connectivity index (χ0n) is 49.0. The maximum atomic E-state index is 14.8. The van der Waals surface area contributed by atoms with Gasteiger partial charge in [0.15, 0.2) is 31.5 Å². The van der Waals surface area contributed by atoms with Crippen LogP contribution in [0.4, 0.5) is 0 Å². The lowest BCUT2D eigenvalue weighted by atomic mass is 9.41. The Bertz CT molecular complexity index is 2390. The molecule has 0 aromatic carbocycles. The van der Waals surface area contributed by atoms with Gasteiger partial charge in [0.1, 0.15) is 146 Å². The Hall–Kier alpha value is -2.03. The van der Waals surface area contributed by atoms with Crippen molar-refractivity contribution in [1.29, 1.82) is 0 Å². The maximum Gasteiger partial charge on any atom is 0.314 e. The minimum absolute atomic E-state index is 0.101. The Morgan fingerprint density at radius 2 is 0.809 bits per heavy atom. The number of fused-ring (bicyclic) bond motifs is 3. The Labute approximate surface area is 509 Å². The molecule has 10 fully saturated rings. The number of carbonyl (C=O) groups excluding carboxylic acids is 1. The van der Waals surface area contributed by atoms with E-state index in [9.17, 15) is 107 Å². The topological polar surface area (TPSA) is 532 Å². The van der Waals surface area contributed by atoms with E-state index in [1.165, 1.54) is 0 Å². The van der Waals surface area contributed by atoms with Crippen molar-refractivity contribution in [2.45, 2.75) is 261 Å². The van der Waals surface area contributed by atoms with Crippen LogP contribution in [0.3, 0.4) is 0 Å². The number of aliphatic hydroxyl groups is 20. The second-order valence-corrected chi connectivity index (χ2v) is 26.4. The van der Waals surface area contributed by atoms with Gasteiger partial charge >= 0.3 is 5.97 Å². The van der Waals surface area contributed by atoms with E-state index in [1.807, 2.05) is 0 Å². The van der Waals surface area contributed by atoms with E-state index < -0.39 is 252 Å². The summed E-state index contributed by atoms with van der Waals surface area (Å²) in [5.74, 6) is -1.19. The number of carbonyl (C=O) groups is 1. The standard InChI is InChI=1S/C56H90O33/c1-19-11-55-9-5-26-53(2,7-4-8-54(26,3)52(77)88-50-41(76)36(71)43(25(17-62)83-50)85-47-38(73)33(68)29(64)21(13-58)79-47)27(55)6-10-56(19,18-55)89-51-45(87-48-39(74)34(69)30(65)22(14-59)80-48)44(31(66)23(15-60)81-51)86-49-40(75)35(70)42(24(16-61)82-49)84-46-37(72)32(67)28(63)20(12-57)78-46/h20-51,57-76H,1,4-18H2,2-3H3/t20?,21?,22?,23?,24?,25?,26?,27-,28?,29?,30?,31?,32?,33?,34?,35?,36?,37?,38?,39?,40?,41?,42?,43?,44?,45?,46?,47?,48?,49?,50?,51?,53+,54+,55+,56-/m0/s1. The normalized spacial score (nSPS) is 54.5. The van der Waals surface area contributed by atoms with Gasteiger partial charge < -0.3 is 159 Å². The molecule has 89 heavy (non-hydrogen) atoms. The third-order valence-corrected chi connectivity index (χ3v) is 21.3. The second kappa shape index (κ2) is 27.2. The van der Waals surface area contributed by atoms with Crippen LogP contribution in [0.1, 0.15) is 71.6 Å². The van der Waals surface area contributed by atoms with Crippen molar-refractivity contribution in [3.05, 3.63) is 12.2 Å². The molecule has 20 N–H and O–H groups in total. The van der Waals surface area contributed by atoms with Crippen LogP contribution >= 0.6 is 0 Å². The van der Waals surface area contributed by atoms with Crippen LogP contribution in [-0.2, 0) is 61.6 Å². The zero-order chi connectivity index (χ0) is 64.7. The number of hydrogen-bond acceptors (Lipinski definition) is 33. The summed E-state index contributed by atoms with van der Waals surface area (Å²) in [6.45, 7) is 3.16. The first kappa shape index (κ1) is 69.8. The molecule has 512 valence electrons. The third-order valence-electron chi connectivity index (χ3n) is 21.3. The summed E-state index contributed by atoms with van der Waals surface area (Å²) in [6, 6.07) is 0. The van der Waals surface area contributed by atoms with Crippen molar-refractivity contribution in [2.24, 2.45) is 28.1 Å². The highest BCUT2D eigenvalue weighted by atomic mass is 16.8. The number of rotatable bonds is 18. The molecule has 0 aromatic heterocycles. The van der Waals surface area contributed by atoms with Crippen LogP contribution in [-0.4, -0.2) is 338 Å². The molecule has 10 rings (SSSR count). The van der Waals surface area contributed by atoms with Gasteiger partial charge in [-0.25, -0.2) is 0 Å². The van der Waals surface area contributed by atoms with Crippen LogP contribution < -0.4 is 0 Å². The quantitative estimate of drug-likeness (QED) is 0.0344. The molecule has 0 aromatic rings. The van der Waals surface area contributed by atoms with E-state index in [4.69, 9.17) is 56.8 Å². The highest BCUT2D eigenvalue weighted by molar-refractivity contribution is 5.77. The Kier molecular flexibility index (Phi) is 21.4. The molecule has 2 bridgehead atoms. The molecular weight excluding hydrogens is 1200 g/mol. The number of hydrogen-bond donors (Lipinski definition) is 20. The molecule has 0 radical (unpaired) electrons. The predicted molar refractivity (Wildman–Crippen MR) is 284 cm³/mol. The van der Waals surface area contributed by atoms with Gasteiger partial charge in [0.2, 0.25) is 6.29 Å². The van der Waals surface area contributed by atoms with E-state index in [2.05, 4.69) is 13.5 Å². The molecule has 33 nitrogen and oxygen atoms in total. The summed E-state index contributed by atoms with van der Waals surface area (Å²) in [7, 11) is 0. The Morgan fingerprint density at radius 1 is 0.427 bits per heavy atom. The zero-order valence-corrected chi connectivity index (χ0v) is 49.0. The highest BCUT2D eigenvalue weighted by Gasteiger charge is 2.70. The van der Waals surface area contributed by atoms with Crippen LogP contribution in [0.25, 0.3) is 0 Å². The summed E-state index contributed by atoms with van der Waals surface area (Å²) in [5.41, 5.74) is -2.98. The molecule has 0 amide bonds. The second-order valence-electron chi connectivity index (χ2n) is 26.4. The first-order valence-corrected chi connectivity index (χ1v) is 30.4. The minimum Gasteiger partial charge on any atom is -0.432 e. The molecule has 10 aliphatic rings. The van der Waals surface area contributed by atoms with Crippen LogP contribution in [0.2, 0.25) is 0 Å². The minimum atomic E-state index is -2.17. The van der Waals surface area contributed by atoms with Gasteiger partial charge in [0.05, 0.1) is 50.7 Å². The smallest absolute Gasteiger partial charge is 0.314 e. The first-order valence-electron chi connectivity index (χ1n) is 30.4. The van der Waals surface area contributed by atoms with E-state index >= 15 is 0 Å². The van der Waals surface area contributed by atoms with Gasteiger partial charge in [-0.05, 0) is 86.5 Å².